The van der Waals surface area contributed by atoms with E-state index in [-0.39, 0.29) is 5.91 Å². The van der Waals surface area contributed by atoms with Crippen molar-refractivity contribution in [1.29, 1.82) is 0 Å². The van der Waals surface area contributed by atoms with Crippen molar-refractivity contribution in [3.8, 4) is 11.3 Å². The summed E-state index contributed by atoms with van der Waals surface area (Å²) in [6.07, 6.45) is 0.552. The Kier molecular flexibility index (Phi) is 5.35. The fourth-order valence-corrected chi connectivity index (χ4v) is 2.63. The molecule has 1 heterocycles. The molecule has 0 bridgehead atoms. The molecule has 0 saturated carbocycles. The molecule has 6 heteroatoms. The Morgan fingerprint density at radius 2 is 2.16 bits per heavy atom. The Hall–Kier alpha value is -1.40. The van der Waals surface area contributed by atoms with E-state index in [1.807, 2.05) is 29.6 Å². The van der Waals surface area contributed by atoms with Gasteiger partial charge in [-0.15, -0.1) is 5.10 Å². The van der Waals surface area contributed by atoms with E-state index in [0.29, 0.717) is 6.42 Å². The van der Waals surface area contributed by atoms with Crippen LogP contribution in [0.15, 0.2) is 29.6 Å². The highest BCUT2D eigenvalue weighted by Crippen LogP contribution is 2.20. The highest BCUT2D eigenvalue weighted by Gasteiger charge is 2.04. The number of benzene rings is 1. The van der Waals surface area contributed by atoms with Gasteiger partial charge in [0.2, 0.25) is 5.91 Å². The molecule has 2 aromatic rings. The first-order chi connectivity index (χ1) is 9.29. The SMILES string of the molecule is CCSCCC(=O)Nc1ccc(-c2csnn2)cc1. The van der Waals surface area contributed by atoms with Gasteiger partial charge < -0.3 is 5.32 Å². The third-order valence-corrected chi connectivity index (χ3v) is 3.91. The number of rotatable bonds is 6. The molecule has 0 spiro atoms. The van der Waals surface area contributed by atoms with Gasteiger partial charge in [0.15, 0.2) is 0 Å². The van der Waals surface area contributed by atoms with Crippen LogP contribution in [0.2, 0.25) is 0 Å². The zero-order valence-electron chi connectivity index (χ0n) is 10.6. The maximum absolute atomic E-state index is 11.7. The summed E-state index contributed by atoms with van der Waals surface area (Å²) in [6, 6.07) is 7.65. The van der Waals surface area contributed by atoms with Crippen molar-refractivity contribution in [2.45, 2.75) is 13.3 Å². The lowest BCUT2D eigenvalue weighted by Crippen LogP contribution is -2.12. The third-order valence-electron chi connectivity index (χ3n) is 2.50. The van der Waals surface area contributed by atoms with Gasteiger partial charge in [-0.1, -0.05) is 23.5 Å². The van der Waals surface area contributed by atoms with Crippen LogP contribution in [0.25, 0.3) is 11.3 Å². The molecule has 1 aromatic carbocycles. The second kappa shape index (κ2) is 7.25. The van der Waals surface area contributed by atoms with Crippen molar-refractivity contribution >= 4 is 34.9 Å². The van der Waals surface area contributed by atoms with E-state index < -0.39 is 0 Å². The number of thioether (sulfide) groups is 1. The lowest BCUT2D eigenvalue weighted by Gasteiger charge is -2.05. The fourth-order valence-electron chi connectivity index (χ4n) is 1.55. The molecule has 0 saturated heterocycles. The summed E-state index contributed by atoms with van der Waals surface area (Å²) in [5.74, 6) is 1.97. The molecule has 0 unspecified atom stereocenters. The second-order valence-corrected chi connectivity index (χ2v) is 5.87. The molecule has 0 aliphatic heterocycles. The minimum atomic E-state index is 0.0593. The van der Waals surface area contributed by atoms with E-state index in [9.17, 15) is 4.79 Å². The number of hydrogen-bond acceptors (Lipinski definition) is 5. The highest BCUT2D eigenvalue weighted by atomic mass is 32.2. The molecule has 0 fully saturated rings. The van der Waals surface area contributed by atoms with Crippen molar-refractivity contribution in [3.05, 3.63) is 29.6 Å². The van der Waals surface area contributed by atoms with Crippen LogP contribution in [0.1, 0.15) is 13.3 Å². The zero-order chi connectivity index (χ0) is 13.5. The minimum Gasteiger partial charge on any atom is -0.326 e. The number of nitrogens with zero attached hydrogens (tertiary/aromatic N) is 2. The van der Waals surface area contributed by atoms with E-state index in [0.717, 1.165) is 28.5 Å². The molecule has 100 valence electrons. The smallest absolute Gasteiger partial charge is 0.225 e. The summed E-state index contributed by atoms with van der Waals surface area (Å²) in [7, 11) is 0. The predicted octanol–water partition coefficient (Wildman–Crippen LogP) is 3.29. The predicted molar refractivity (Wildman–Crippen MR) is 81.6 cm³/mol. The molecule has 0 radical (unpaired) electrons. The van der Waals surface area contributed by atoms with Gasteiger partial charge >= 0.3 is 0 Å². The molecule has 0 aliphatic carbocycles. The van der Waals surface area contributed by atoms with Gasteiger partial charge in [-0.05, 0) is 29.4 Å². The van der Waals surface area contributed by atoms with E-state index in [1.54, 1.807) is 11.8 Å². The Labute approximate surface area is 120 Å². The Balaban J connectivity index is 1.90. The summed E-state index contributed by atoms with van der Waals surface area (Å²) in [5.41, 5.74) is 2.69. The van der Waals surface area contributed by atoms with E-state index in [2.05, 4.69) is 21.8 Å². The summed E-state index contributed by atoms with van der Waals surface area (Å²) in [5, 5.41) is 8.79. The summed E-state index contributed by atoms with van der Waals surface area (Å²) >= 11 is 3.10. The first-order valence-corrected chi connectivity index (χ1v) is 8.04. The molecule has 2 rings (SSSR count). The van der Waals surface area contributed by atoms with Crippen LogP contribution in [0.4, 0.5) is 5.69 Å². The van der Waals surface area contributed by atoms with Gasteiger partial charge in [-0.2, -0.15) is 11.8 Å². The number of hydrogen-bond donors (Lipinski definition) is 1. The topological polar surface area (TPSA) is 54.9 Å². The maximum Gasteiger partial charge on any atom is 0.225 e. The number of carbonyl (C=O) groups excluding carboxylic acids is 1. The van der Waals surface area contributed by atoms with Gasteiger partial charge in [-0.25, -0.2) is 0 Å². The number of aromatic nitrogens is 2. The first kappa shape index (κ1) is 14.0. The van der Waals surface area contributed by atoms with E-state index in [4.69, 9.17) is 0 Å². The lowest BCUT2D eigenvalue weighted by molar-refractivity contribution is -0.115. The Morgan fingerprint density at radius 3 is 2.79 bits per heavy atom. The molecule has 1 aromatic heterocycles. The Morgan fingerprint density at radius 1 is 1.37 bits per heavy atom. The normalized spacial score (nSPS) is 10.4. The van der Waals surface area contributed by atoms with Gasteiger partial charge in [0.25, 0.3) is 0 Å². The fraction of sp³-hybridized carbons (Fsp3) is 0.308. The number of carbonyl (C=O) groups is 1. The molecular formula is C13H15N3OS2. The molecule has 4 nitrogen and oxygen atoms in total. The maximum atomic E-state index is 11.7. The molecule has 0 aliphatic rings. The van der Waals surface area contributed by atoms with Gasteiger partial charge in [0.1, 0.15) is 5.69 Å². The van der Waals surface area contributed by atoms with E-state index >= 15 is 0 Å². The molecule has 1 amide bonds. The van der Waals surface area contributed by atoms with Crippen molar-refractivity contribution in [3.63, 3.8) is 0 Å². The third kappa shape index (κ3) is 4.33. The van der Waals surface area contributed by atoms with Gasteiger partial charge in [0, 0.05) is 28.8 Å². The van der Waals surface area contributed by atoms with Crippen LogP contribution >= 0.6 is 23.3 Å². The van der Waals surface area contributed by atoms with Crippen LogP contribution in [0.5, 0.6) is 0 Å². The molecule has 1 N–H and O–H groups in total. The standard InChI is InChI=1S/C13H15N3OS2/c1-2-18-8-7-13(17)14-11-5-3-10(4-6-11)12-9-19-16-15-12/h3-6,9H,2,7-8H2,1H3,(H,14,17). The molecular weight excluding hydrogens is 278 g/mol. The Bertz CT molecular complexity index is 511. The average Bonchev–Trinajstić information content (AvgIpc) is 2.94. The highest BCUT2D eigenvalue weighted by molar-refractivity contribution is 7.99. The average molecular weight is 293 g/mol. The molecule has 19 heavy (non-hydrogen) atoms. The van der Waals surface area contributed by atoms with Crippen LogP contribution in [-0.4, -0.2) is 27.0 Å². The van der Waals surface area contributed by atoms with Gasteiger partial charge in [-0.3, -0.25) is 4.79 Å². The van der Waals surface area contributed by atoms with Crippen molar-refractivity contribution in [2.75, 3.05) is 16.8 Å². The molecule has 0 atom stereocenters. The monoisotopic (exact) mass is 293 g/mol. The second-order valence-electron chi connectivity index (χ2n) is 3.86. The zero-order valence-corrected chi connectivity index (χ0v) is 12.3. The summed E-state index contributed by atoms with van der Waals surface area (Å²) in [4.78, 5) is 11.7. The van der Waals surface area contributed by atoms with Gasteiger partial charge in [0.05, 0.1) is 0 Å². The van der Waals surface area contributed by atoms with E-state index in [1.165, 1.54) is 11.5 Å². The van der Waals surface area contributed by atoms with Crippen LogP contribution in [0.3, 0.4) is 0 Å². The van der Waals surface area contributed by atoms with Crippen LogP contribution in [0, 0.1) is 0 Å². The largest absolute Gasteiger partial charge is 0.326 e. The first-order valence-electron chi connectivity index (χ1n) is 6.04. The quantitative estimate of drug-likeness (QED) is 0.830. The summed E-state index contributed by atoms with van der Waals surface area (Å²) < 4.78 is 3.83. The van der Waals surface area contributed by atoms with Crippen molar-refractivity contribution in [2.24, 2.45) is 0 Å². The van der Waals surface area contributed by atoms with Crippen LogP contribution < -0.4 is 5.32 Å². The number of anilines is 1. The van der Waals surface area contributed by atoms with Crippen LogP contribution in [-0.2, 0) is 4.79 Å². The van der Waals surface area contributed by atoms with Crippen molar-refractivity contribution < 1.29 is 4.79 Å². The minimum absolute atomic E-state index is 0.0593. The number of amides is 1. The van der Waals surface area contributed by atoms with Crippen molar-refractivity contribution in [1.82, 2.24) is 9.59 Å². The lowest BCUT2D eigenvalue weighted by atomic mass is 10.1. The number of nitrogens with one attached hydrogen (secondary N) is 1. The summed E-state index contributed by atoms with van der Waals surface area (Å²) in [6.45, 7) is 2.09.